The average molecular weight is 244 g/mol. The molecule has 0 bridgehead atoms. The fourth-order valence-electron chi connectivity index (χ4n) is 2.55. The molecule has 0 aromatic rings. The summed E-state index contributed by atoms with van der Waals surface area (Å²) in [7, 11) is 0. The summed E-state index contributed by atoms with van der Waals surface area (Å²) in [5.41, 5.74) is 0. The maximum absolute atomic E-state index is 8.63. The number of rotatable bonds is 8. The Hall–Kier alpha value is -0.160. The molecule has 0 saturated carbocycles. The first kappa shape index (κ1) is 14.9. The predicted molar refractivity (Wildman–Crippen MR) is 70.2 cm³/mol. The fraction of sp³-hybridized carbons (Fsp3) is 1.00. The Morgan fingerprint density at radius 2 is 2.29 bits per heavy atom. The molecule has 4 nitrogen and oxygen atoms in total. The molecule has 1 saturated heterocycles. The minimum atomic E-state index is 0.125. The SMILES string of the molecule is CCNC(C)C1CCCN(CCOCCO)C1. The highest BCUT2D eigenvalue weighted by molar-refractivity contribution is 4.80. The van der Waals surface area contributed by atoms with Crippen LogP contribution in [-0.2, 0) is 4.74 Å². The monoisotopic (exact) mass is 244 g/mol. The highest BCUT2D eigenvalue weighted by Gasteiger charge is 2.23. The molecule has 1 rings (SSSR count). The smallest absolute Gasteiger partial charge is 0.0698 e. The van der Waals surface area contributed by atoms with Gasteiger partial charge in [0.1, 0.15) is 0 Å². The van der Waals surface area contributed by atoms with Crippen LogP contribution in [0.3, 0.4) is 0 Å². The van der Waals surface area contributed by atoms with Crippen molar-refractivity contribution in [3.05, 3.63) is 0 Å². The summed E-state index contributed by atoms with van der Waals surface area (Å²) in [5, 5.41) is 12.2. The standard InChI is InChI=1S/C13H28N2O2/c1-3-14-12(2)13-5-4-6-15(11-13)7-9-17-10-8-16/h12-14,16H,3-11H2,1-2H3. The number of piperidine rings is 1. The van der Waals surface area contributed by atoms with Crippen LogP contribution in [0.4, 0.5) is 0 Å². The molecule has 1 aliphatic rings. The second kappa shape index (κ2) is 8.86. The molecule has 0 aliphatic carbocycles. The summed E-state index contributed by atoms with van der Waals surface area (Å²) >= 11 is 0. The Morgan fingerprint density at radius 3 is 3.00 bits per heavy atom. The van der Waals surface area contributed by atoms with E-state index >= 15 is 0 Å². The van der Waals surface area contributed by atoms with Crippen LogP contribution in [0.2, 0.25) is 0 Å². The summed E-state index contributed by atoms with van der Waals surface area (Å²) in [6.45, 7) is 10.2. The third-order valence-corrected chi connectivity index (χ3v) is 3.56. The number of nitrogens with one attached hydrogen (secondary N) is 1. The molecule has 102 valence electrons. The molecular weight excluding hydrogens is 216 g/mol. The maximum atomic E-state index is 8.63. The molecule has 2 N–H and O–H groups in total. The van der Waals surface area contributed by atoms with E-state index in [2.05, 4.69) is 24.1 Å². The van der Waals surface area contributed by atoms with E-state index < -0.39 is 0 Å². The van der Waals surface area contributed by atoms with Gasteiger partial charge in [-0.3, -0.25) is 0 Å². The first-order valence-corrected chi connectivity index (χ1v) is 6.92. The van der Waals surface area contributed by atoms with Crippen molar-refractivity contribution in [1.82, 2.24) is 10.2 Å². The van der Waals surface area contributed by atoms with Crippen LogP contribution < -0.4 is 5.32 Å². The highest BCUT2D eigenvalue weighted by Crippen LogP contribution is 2.19. The van der Waals surface area contributed by atoms with Crippen LogP contribution in [0.1, 0.15) is 26.7 Å². The Labute approximate surface area is 105 Å². The zero-order valence-corrected chi connectivity index (χ0v) is 11.3. The van der Waals surface area contributed by atoms with Crippen LogP contribution in [0, 0.1) is 5.92 Å². The number of hydrogen-bond donors (Lipinski definition) is 2. The lowest BCUT2D eigenvalue weighted by Crippen LogP contribution is -2.45. The molecule has 2 atom stereocenters. The molecule has 0 amide bonds. The first-order chi connectivity index (χ1) is 8.27. The van der Waals surface area contributed by atoms with Gasteiger partial charge in [0.25, 0.3) is 0 Å². The number of hydrogen-bond acceptors (Lipinski definition) is 4. The fourth-order valence-corrected chi connectivity index (χ4v) is 2.55. The van der Waals surface area contributed by atoms with Crippen LogP contribution in [0.15, 0.2) is 0 Å². The molecule has 2 unspecified atom stereocenters. The number of ether oxygens (including phenoxy) is 1. The lowest BCUT2D eigenvalue weighted by molar-refractivity contribution is 0.0594. The normalized spacial score (nSPS) is 23.8. The van der Waals surface area contributed by atoms with E-state index in [-0.39, 0.29) is 6.61 Å². The largest absolute Gasteiger partial charge is 0.394 e. The van der Waals surface area contributed by atoms with Gasteiger partial charge < -0.3 is 20.1 Å². The summed E-state index contributed by atoms with van der Waals surface area (Å²) in [6.07, 6.45) is 2.63. The lowest BCUT2D eigenvalue weighted by Gasteiger charge is -2.36. The second-order valence-corrected chi connectivity index (χ2v) is 4.89. The summed E-state index contributed by atoms with van der Waals surface area (Å²) < 4.78 is 5.32. The van der Waals surface area contributed by atoms with E-state index in [4.69, 9.17) is 9.84 Å². The lowest BCUT2D eigenvalue weighted by atomic mass is 9.91. The Balaban J connectivity index is 2.19. The van der Waals surface area contributed by atoms with E-state index in [0.717, 1.165) is 25.6 Å². The molecule has 1 heterocycles. The highest BCUT2D eigenvalue weighted by atomic mass is 16.5. The van der Waals surface area contributed by atoms with E-state index in [1.807, 2.05) is 0 Å². The number of aliphatic hydroxyl groups excluding tert-OH is 1. The molecule has 1 aliphatic heterocycles. The van der Waals surface area contributed by atoms with E-state index in [1.54, 1.807) is 0 Å². The molecule has 0 radical (unpaired) electrons. The topological polar surface area (TPSA) is 44.7 Å². The summed E-state index contributed by atoms with van der Waals surface area (Å²) in [4.78, 5) is 2.49. The van der Waals surface area contributed by atoms with Gasteiger partial charge in [-0.1, -0.05) is 6.92 Å². The van der Waals surface area contributed by atoms with Gasteiger partial charge in [-0.15, -0.1) is 0 Å². The second-order valence-electron chi connectivity index (χ2n) is 4.89. The number of aliphatic hydroxyl groups is 1. The van der Waals surface area contributed by atoms with Crippen molar-refractivity contribution >= 4 is 0 Å². The van der Waals surface area contributed by atoms with Gasteiger partial charge in [-0.05, 0) is 38.8 Å². The molecule has 0 aromatic heterocycles. The minimum Gasteiger partial charge on any atom is -0.394 e. The van der Waals surface area contributed by atoms with Gasteiger partial charge >= 0.3 is 0 Å². The molecular formula is C13H28N2O2. The zero-order chi connectivity index (χ0) is 12.5. The zero-order valence-electron chi connectivity index (χ0n) is 11.3. The maximum Gasteiger partial charge on any atom is 0.0698 e. The first-order valence-electron chi connectivity index (χ1n) is 6.92. The molecule has 4 heteroatoms. The third-order valence-electron chi connectivity index (χ3n) is 3.56. The molecule has 1 fully saturated rings. The Morgan fingerprint density at radius 1 is 1.47 bits per heavy atom. The minimum absolute atomic E-state index is 0.125. The summed E-state index contributed by atoms with van der Waals surface area (Å²) in [6, 6.07) is 0.612. The van der Waals surface area contributed by atoms with Gasteiger partial charge in [0.05, 0.1) is 19.8 Å². The van der Waals surface area contributed by atoms with Gasteiger partial charge in [0, 0.05) is 19.1 Å². The Bertz CT molecular complexity index is 190. The van der Waals surface area contributed by atoms with Crippen LogP contribution in [0.5, 0.6) is 0 Å². The summed E-state index contributed by atoms with van der Waals surface area (Å²) in [5.74, 6) is 0.765. The van der Waals surface area contributed by atoms with Crippen LogP contribution >= 0.6 is 0 Å². The van der Waals surface area contributed by atoms with Crippen molar-refractivity contribution < 1.29 is 9.84 Å². The van der Waals surface area contributed by atoms with Gasteiger partial charge in [-0.25, -0.2) is 0 Å². The van der Waals surface area contributed by atoms with Crippen molar-refractivity contribution in [2.75, 3.05) is 46.0 Å². The van der Waals surface area contributed by atoms with Crippen molar-refractivity contribution in [3.63, 3.8) is 0 Å². The number of nitrogens with zero attached hydrogens (tertiary/aromatic N) is 1. The van der Waals surface area contributed by atoms with E-state index in [0.29, 0.717) is 12.6 Å². The molecule has 17 heavy (non-hydrogen) atoms. The average Bonchev–Trinajstić information content (AvgIpc) is 2.35. The van der Waals surface area contributed by atoms with Crippen molar-refractivity contribution in [2.45, 2.75) is 32.7 Å². The van der Waals surface area contributed by atoms with Gasteiger partial charge in [0.2, 0.25) is 0 Å². The van der Waals surface area contributed by atoms with Crippen LogP contribution in [-0.4, -0.2) is 62.0 Å². The van der Waals surface area contributed by atoms with Crippen molar-refractivity contribution in [2.24, 2.45) is 5.92 Å². The predicted octanol–water partition coefficient (Wildman–Crippen LogP) is 0.705. The van der Waals surface area contributed by atoms with E-state index in [9.17, 15) is 0 Å². The molecule has 0 spiro atoms. The quantitative estimate of drug-likeness (QED) is 0.617. The van der Waals surface area contributed by atoms with Crippen LogP contribution in [0.25, 0.3) is 0 Å². The molecule has 0 aromatic carbocycles. The third kappa shape index (κ3) is 5.82. The van der Waals surface area contributed by atoms with Gasteiger partial charge in [-0.2, -0.15) is 0 Å². The Kier molecular flexibility index (Phi) is 7.77. The number of likely N-dealkylation sites (tertiary alicyclic amines) is 1. The van der Waals surface area contributed by atoms with Gasteiger partial charge in [0.15, 0.2) is 0 Å². The van der Waals surface area contributed by atoms with Crippen molar-refractivity contribution in [1.29, 1.82) is 0 Å². The van der Waals surface area contributed by atoms with E-state index in [1.165, 1.54) is 25.9 Å². The van der Waals surface area contributed by atoms with Crippen molar-refractivity contribution in [3.8, 4) is 0 Å².